The van der Waals surface area contributed by atoms with E-state index in [0.717, 1.165) is 5.69 Å². The van der Waals surface area contributed by atoms with Gasteiger partial charge in [0.15, 0.2) is 0 Å². The summed E-state index contributed by atoms with van der Waals surface area (Å²) in [7, 11) is 0. The van der Waals surface area contributed by atoms with E-state index in [1.165, 1.54) is 0 Å². The maximum absolute atomic E-state index is 10.9. The van der Waals surface area contributed by atoms with E-state index in [2.05, 4.69) is 15.3 Å². The normalized spacial score (nSPS) is 20.4. The number of hydrogen-bond acceptors (Lipinski definition) is 5. The Morgan fingerprint density at radius 3 is 3.06 bits per heavy atom. The summed E-state index contributed by atoms with van der Waals surface area (Å²) in [5.41, 5.74) is 0.769. The number of aromatic nitrogens is 2. The second-order valence-electron chi connectivity index (χ2n) is 3.93. The zero-order valence-corrected chi connectivity index (χ0v) is 10.1. The Morgan fingerprint density at radius 2 is 2.41 bits per heavy atom. The van der Waals surface area contributed by atoms with Crippen LogP contribution in [-0.4, -0.2) is 46.7 Å². The van der Waals surface area contributed by atoms with Gasteiger partial charge in [-0.1, -0.05) is 0 Å². The molecule has 1 aromatic heterocycles. The molecule has 1 aromatic rings. The van der Waals surface area contributed by atoms with Gasteiger partial charge < -0.3 is 15.3 Å². The first-order chi connectivity index (χ1) is 8.06. The Balaban J connectivity index is 2.18. The maximum atomic E-state index is 10.9. The molecule has 7 heteroatoms. The molecule has 6 nitrogen and oxygen atoms in total. The third-order valence-electron chi connectivity index (χ3n) is 2.61. The molecule has 1 atom stereocenters. The van der Waals surface area contributed by atoms with Crippen molar-refractivity contribution in [2.24, 2.45) is 0 Å². The molecule has 0 amide bonds. The molecule has 1 aliphatic rings. The number of aliphatic carboxylic acids is 1. The minimum absolute atomic E-state index is 0.186. The first kappa shape index (κ1) is 12.1. The van der Waals surface area contributed by atoms with Gasteiger partial charge in [0.1, 0.15) is 11.9 Å². The van der Waals surface area contributed by atoms with Crippen LogP contribution in [0.15, 0.2) is 6.07 Å². The van der Waals surface area contributed by atoms with Gasteiger partial charge in [0.05, 0.1) is 0 Å². The van der Waals surface area contributed by atoms with Crippen molar-refractivity contribution in [2.45, 2.75) is 13.0 Å². The van der Waals surface area contributed by atoms with Crippen molar-refractivity contribution < 1.29 is 9.90 Å². The van der Waals surface area contributed by atoms with Crippen LogP contribution in [0.2, 0.25) is 5.28 Å². The van der Waals surface area contributed by atoms with Gasteiger partial charge in [0, 0.05) is 31.4 Å². The summed E-state index contributed by atoms with van der Waals surface area (Å²) in [5.74, 6) is -0.179. The Kier molecular flexibility index (Phi) is 3.44. The fraction of sp³-hybridized carbons (Fsp3) is 0.500. The SMILES string of the molecule is Cc1cc(N2CCNC(C(=O)O)C2)nc(Cl)n1. The Labute approximate surface area is 104 Å². The number of carboxylic acid groups (broad SMARTS) is 1. The summed E-state index contributed by atoms with van der Waals surface area (Å²) < 4.78 is 0. The number of rotatable bonds is 2. The lowest BCUT2D eigenvalue weighted by Crippen LogP contribution is -2.54. The van der Waals surface area contributed by atoms with E-state index in [0.29, 0.717) is 25.5 Å². The summed E-state index contributed by atoms with van der Waals surface area (Å²) in [4.78, 5) is 20.9. The van der Waals surface area contributed by atoms with Crippen molar-refractivity contribution in [3.8, 4) is 0 Å². The van der Waals surface area contributed by atoms with Crippen LogP contribution in [0, 0.1) is 6.92 Å². The molecule has 17 heavy (non-hydrogen) atoms. The lowest BCUT2D eigenvalue weighted by Gasteiger charge is -2.32. The number of hydrogen-bond donors (Lipinski definition) is 2. The average Bonchev–Trinajstić information content (AvgIpc) is 2.28. The molecular formula is C10H13ClN4O2. The highest BCUT2D eigenvalue weighted by Gasteiger charge is 2.25. The van der Waals surface area contributed by atoms with Crippen LogP contribution in [0.3, 0.4) is 0 Å². The van der Waals surface area contributed by atoms with Crippen LogP contribution < -0.4 is 10.2 Å². The van der Waals surface area contributed by atoms with Gasteiger partial charge in [-0.15, -0.1) is 0 Å². The molecule has 0 radical (unpaired) electrons. The first-order valence-electron chi connectivity index (χ1n) is 5.28. The molecular weight excluding hydrogens is 244 g/mol. The largest absolute Gasteiger partial charge is 0.480 e. The van der Waals surface area contributed by atoms with Crippen LogP contribution in [0.5, 0.6) is 0 Å². The average molecular weight is 257 g/mol. The topological polar surface area (TPSA) is 78.4 Å². The smallest absolute Gasteiger partial charge is 0.322 e. The van der Waals surface area contributed by atoms with E-state index in [4.69, 9.17) is 16.7 Å². The van der Waals surface area contributed by atoms with E-state index in [-0.39, 0.29) is 5.28 Å². The fourth-order valence-corrected chi connectivity index (χ4v) is 2.02. The number of halogens is 1. The molecule has 0 bridgehead atoms. The quantitative estimate of drug-likeness (QED) is 0.741. The van der Waals surface area contributed by atoms with Crippen molar-refractivity contribution in [3.05, 3.63) is 17.0 Å². The molecule has 1 saturated heterocycles. The third-order valence-corrected chi connectivity index (χ3v) is 2.78. The molecule has 0 aliphatic carbocycles. The van der Waals surface area contributed by atoms with E-state index < -0.39 is 12.0 Å². The lowest BCUT2D eigenvalue weighted by molar-refractivity contribution is -0.139. The summed E-state index contributed by atoms with van der Waals surface area (Å²) >= 11 is 5.79. The molecule has 2 rings (SSSR count). The number of piperazine rings is 1. The number of nitrogens with one attached hydrogen (secondary N) is 1. The van der Waals surface area contributed by atoms with Crippen molar-refractivity contribution in [1.29, 1.82) is 0 Å². The van der Waals surface area contributed by atoms with Gasteiger partial charge in [-0.05, 0) is 18.5 Å². The van der Waals surface area contributed by atoms with Gasteiger partial charge in [0.2, 0.25) is 5.28 Å². The van der Waals surface area contributed by atoms with Crippen molar-refractivity contribution >= 4 is 23.4 Å². The maximum Gasteiger partial charge on any atom is 0.322 e. The first-order valence-corrected chi connectivity index (χ1v) is 5.66. The number of anilines is 1. The van der Waals surface area contributed by atoms with Gasteiger partial charge in [-0.3, -0.25) is 4.79 Å². The number of aryl methyl sites for hydroxylation is 1. The lowest BCUT2D eigenvalue weighted by atomic mass is 10.2. The zero-order chi connectivity index (χ0) is 12.4. The fourth-order valence-electron chi connectivity index (χ4n) is 1.80. The molecule has 2 N–H and O–H groups in total. The van der Waals surface area contributed by atoms with E-state index in [9.17, 15) is 4.79 Å². The van der Waals surface area contributed by atoms with Crippen LogP contribution in [-0.2, 0) is 4.79 Å². The molecule has 92 valence electrons. The van der Waals surface area contributed by atoms with Crippen LogP contribution in [0.25, 0.3) is 0 Å². The van der Waals surface area contributed by atoms with Crippen molar-refractivity contribution in [2.75, 3.05) is 24.5 Å². The summed E-state index contributed by atoms with van der Waals surface area (Å²) in [5, 5.41) is 12.1. The Bertz CT molecular complexity index is 420. The molecule has 1 fully saturated rings. The number of carbonyl (C=O) groups is 1. The second kappa shape index (κ2) is 4.85. The number of nitrogens with zero attached hydrogens (tertiary/aromatic N) is 3. The molecule has 0 aromatic carbocycles. The van der Waals surface area contributed by atoms with Crippen molar-refractivity contribution in [3.63, 3.8) is 0 Å². The van der Waals surface area contributed by atoms with E-state index in [1.807, 2.05) is 11.8 Å². The summed E-state index contributed by atoms with van der Waals surface area (Å²) in [6.45, 7) is 3.52. The summed E-state index contributed by atoms with van der Waals surface area (Å²) in [6.07, 6.45) is 0. The third kappa shape index (κ3) is 2.83. The van der Waals surface area contributed by atoms with Gasteiger partial charge in [-0.2, -0.15) is 0 Å². The second-order valence-corrected chi connectivity index (χ2v) is 4.27. The van der Waals surface area contributed by atoms with E-state index in [1.54, 1.807) is 6.07 Å². The zero-order valence-electron chi connectivity index (χ0n) is 9.35. The predicted molar refractivity (Wildman–Crippen MR) is 63.4 cm³/mol. The predicted octanol–water partition coefficient (Wildman–Crippen LogP) is 0.301. The minimum atomic E-state index is -0.855. The molecule has 1 unspecified atom stereocenters. The highest BCUT2D eigenvalue weighted by atomic mass is 35.5. The Morgan fingerprint density at radius 1 is 1.65 bits per heavy atom. The van der Waals surface area contributed by atoms with Crippen LogP contribution in [0.1, 0.15) is 5.69 Å². The summed E-state index contributed by atoms with van der Waals surface area (Å²) in [6, 6.07) is 1.23. The monoisotopic (exact) mass is 256 g/mol. The standard InChI is InChI=1S/C10H13ClN4O2/c1-6-4-8(14-10(11)13-6)15-3-2-12-7(5-15)9(16)17/h4,7,12H,2-3,5H2,1H3,(H,16,17). The van der Waals surface area contributed by atoms with Crippen molar-refractivity contribution in [1.82, 2.24) is 15.3 Å². The van der Waals surface area contributed by atoms with E-state index >= 15 is 0 Å². The van der Waals surface area contributed by atoms with Crippen LogP contribution in [0.4, 0.5) is 5.82 Å². The minimum Gasteiger partial charge on any atom is -0.480 e. The molecule has 0 spiro atoms. The van der Waals surface area contributed by atoms with Gasteiger partial charge >= 0.3 is 5.97 Å². The van der Waals surface area contributed by atoms with Gasteiger partial charge in [-0.25, -0.2) is 9.97 Å². The highest BCUT2D eigenvalue weighted by Crippen LogP contribution is 2.16. The molecule has 1 aliphatic heterocycles. The molecule has 0 saturated carbocycles. The Hall–Kier alpha value is -1.40. The highest BCUT2D eigenvalue weighted by molar-refractivity contribution is 6.28. The number of carboxylic acids is 1. The van der Waals surface area contributed by atoms with Gasteiger partial charge in [0.25, 0.3) is 0 Å². The molecule has 2 heterocycles. The van der Waals surface area contributed by atoms with Crippen LogP contribution >= 0.6 is 11.6 Å².